The Kier molecular flexibility index (Phi) is 4.84. The Hall–Kier alpha value is -2.76. The van der Waals surface area contributed by atoms with Crippen LogP contribution < -0.4 is 15.5 Å². The zero-order valence-corrected chi connectivity index (χ0v) is 13.8. The Morgan fingerprint density at radius 2 is 2.17 bits per heavy atom. The molecule has 2 aromatic rings. The number of nitrogens with one attached hydrogen (secondary N) is 2. The van der Waals surface area contributed by atoms with E-state index in [-0.39, 0.29) is 12.5 Å². The van der Waals surface area contributed by atoms with Crippen molar-refractivity contribution in [2.24, 2.45) is 11.0 Å². The molecule has 2 N–H and O–H groups in total. The number of furan rings is 1. The molecule has 1 aromatic carbocycles. The third kappa shape index (κ3) is 3.95. The lowest BCUT2D eigenvalue weighted by atomic mass is 10.3. The molecule has 1 amide bonds. The van der Waals surface area contributed by atoms with E-state index in [1.165, 1.54) is 12.6 Å². The van der Waals surface area contributed by atoms with Crippen molar-refractivity contribution in [3.05, 3.63) is 47.9 Å². The first-order chi connectivity index (χ1) is 11.7. The first kappa shape index (κ1) is 16.1. The van der Waals surface area contributed by atoms with Gasteiger partial charge in [-0.25, -0.2) is 5.43 Å². The summed E-state index contributed by atoms with van der Waals surface area (Å²) in [4.78, 5) is 11.8. The highest BCUT2D eigenvalue weighted by Gasteiger charge is 2.36. The molecule has 6 heteroatoms. The van der Waals surface area contributed by atoms with Crippen LogP contribution in [0, 0.1) is 5.92 Å². The van der Waals surface area contributed by atoms with Crippen molar-refractivity contribution >= 4 is 17.8 Å². The van der Waals surface area contributed by atoms with E-state index >= 15 is 0 Å². The van der Waals surface area contributed by atoms with Crippen LogP contribution in [-0.4, -0.2) is 25.8 Å². The molecule has 1 fully saturated rings. The van der Waals surface area contributed by atoms with Crippen LogP contribution in [0.15, 0.2) is 45.9 Å². The molecule has 24 heavy (non-hydrogen) atoms. The van der Waals surface area contributed by atoms with Crippen LogP contribution in [0.4, 0.5) is 5.69 Å². The smallest absolute Gasteiger partial charge is 0.259 e. The van der Waals surface area contributed by atoms with Gasteiger partial charge in [0.1, 0.15) is 17.3 Å². The number of ether oxygens (including phenoxy) is 1. The van der Waals surface area contributed by atoms with Crippen molar-refractivity contribution in [3.63, 3.8) is 0 Å². The van der Waals surface area contributed by atoms with E-state index in [2.05, 4.69) is 22.8 Å². The number of hydrogen-bond donors (Lipinski definition) is 2. The minimum atomic E-state index is -0.250. The molecule has 0 spiro atoms. The van der Waals surface area contributed by atoms with E-state index < -0.39 is 0 Å². The highest BCUT2D eigenvalue weighted by molar-refractivity contribution is 5.83. The first-order valence-corrected chi connectivity index (χ1v) is 7.96. The monoisotopic (exact) mass is 327 g/mol. The molecule has 3 rings (SSSR count). The third-order valence-electron chi connectivity index (χ3n) is 4.05. The molecule has 1 aromatic heterocycles. The maximum Gasteiger partial charge on any atom is 0.259 e. The van der Waals surface area contributed by atoms with Crippen LogP contribution in [0.2, 0.25) is 0 Å². The van der Waals surface area contributed by atoms with Gasteiger partial charge in [-0.1, -0.05) is 19.1 Å². The van der Waals surface area contributed by atoms with Crippen LogP contribution in [-0.2, 0) is 4.79 Å². The lowest BCUT2D eigenvalue weighted by molar-refractivity contribution is -0.119. The zero-order chi connectivity index (χ0) is 16.9. The number of carbonyl (C=O) groups excluding carboxylic acids is 1. The SMILES string of the molecule is COc1ccccc1NCC(=O)N/N=C\c1ccc([C@@H]2C[C@@H]2C)o1. The molecule has 0 radical (unpaired) electrons. The fraction of sp³-hybridized carbons (Fsp3) is 0.333. The van der Waals surface area contributed by atoms with Crippen LogP contribution in [0.25, 0.3) is 0 Å². The van der Waals surface area contributed by atoms with Gasteiger partial charge in [-0.05, 0) is 36.6 Å². The van der Waals surface area contributed by atoms with Gasteiger partial charge < -0.3 is 14.5 Å². The highest BCUT2D eigenvalue weighted by Crippen LogP contribution is 2.47. The van der Waals surface area contributed by atoms with Gasteiger partial charge in [-0.3, -0.25) is 4.79 Å². The van der Waals surface area contributed by atoms with Gasteiger partial charge in [0.25, 0.3) is 5.91 Å². The van der Waals surface area contributed by atoms with E-state index in [1.807, 2.05) is 36.4 Å². The zero-order valence-electron chi connectivity index (χ0n) is 13.8. The summed E-state index contributed by atoms with van der Waals surface area (Å²) in [6.45, 7) is 2.30. The van der Waals surface area contributed by atoms with Gasteiger partial charge >= 0.3 is 0 Å². The second-order valence-corrected chi connectivity index (χ2v) is 5.91. The van der Waals surface area contributed by atoms with Crippen LogP contribution in [0.5, 0.6) is 5.75 Å². The molecule has 126 valence electrons. The van der Waals surface area contributed by atoms with Crippen molar-refractivity contribution in [1.82, 2.24) is 5.43 Å². The average Bonchev–Trinajstić information content (AvgIpc) is 3.14. The van der Waals surface area contributed by atoms with Gasteiger partial charge in [-0.15, -0.1) is 0 Å². The number of hydrogen-bond acceptors (Lipinski definition) is 5. The number of para-hydroxylation sites is 2. The van der Waals surface area contributed by atoms with Crippen molar-refractivity contribution < 1.29 is 13.9 Å². The summed E-state index contributed by atoms with van der Waals surface area (Å²) in [5, 5.41) is 6.93. The number of benzene rings is 1. The van der Waals surface area contributed by atoms with E-state index in [9.17, 15) is 4.79 Å². The molecular weight excluding hydrogens is 306 g/mol. The quantitative estimate of drug-likeness (QED) is 0.605. The molecule has 1 saturated carbocycles. The fourth-order valence-corrected chi connectivity index (χ4v) is 2.53. The van der Waals surface area contributed by atoms with Crippen LogP contribution in [0.3, 0.4) is 0 Å². The fourth-order valence-electron chi connectivity index (χ4n) is 2.53. The minimum absolute atomic E-state index is 0.0979. The molecule has 2 atom stereocenters. The lowest BCUT2D eigenvalue weighted by Crippen LogP contribution is -2.26. The lowest BCUT2D eigenvalue weighted by Gasteiger charge is -2.09. The van der Waals surface area contributed by atoms with Crippen molar-refractivity contribution in [1.29, 1.82) is 0 Å². The van der Waals surface area contributed by atoms with Gasteiger partial charge in [0.2, 0.25) is 0 Å². The highest BCUT2D eigenvalue weighted by atomic mass is 16.5. The predicted octanol–water partition coefficient (Wildman–Crippen LogP) is 2.97. The largest absolute Gasteiger partial charge is 0.495 e. The molecule has 0 saturated heterocycles. The van der Waals surface area contributed by atoms with Crippen molar-refractivity contribution in [2.75, 3.05) is 19.0 Å². The molecule has 6 nitrogen and oxygen atoms in total. The Bertz CT molecular complexity index is 739. The number of amides is 1. The van der Waals surface area contributed by atoms with E-state index in [1.54, 1.807) is 7.11 Å². The summed E-state index contributed by atoms with van der Waals surface area (Å²) in [6.07, 6.45) is 2.69. The van der Waals surface area contributed by atoms with E-state index in [0.29, 0.717) is 23.3 Å². The number of anilines is 1. The molecule has 1 aliphatic rings. The van der Waals surface area contributed by atoms with Crippen LogP contribution in [0.1, 0.15) is 30.8 Å². The molecule has 0 aliphatic heterocycles. The molecule has 0 bridgehead atoms. The second kappa shape index (κ2) is 7.21. The number of carbonyl (C=O) groups is 1. The number of hydrazone groups is 1. The Balaban J connectivity index is 1.46. The van der Waals surface area contributed by atoms with Gasteiger partial charge in [-0.2, -0.15) is 5.10 Å². The van der Waals surface area contributed by atoms with E-state index in [4.69, 9.17) is 9.15 Å². The average molecular weight is 327 g/mol. The summed E-state index contributed by atoms with van der Waals surface area (Å²) in [5.74, 6) is 3.30. The number of methoxy groups -OCH3 is 1. The number of nitrogens with zero attached hydrogens (tertiary/aromatic N) is 1. The second-order valence-electron chi connectivity index (χ2n) is 5.91. The molecular formula is C18H21N3O3. The maximum atomic E-state index is 11.8. The van der Waals surface area contributed by atoms with Crippen molar-refractivity contribution in [2.45, 2.75) is 19.3 Å². The Labute approximate surface area is 140 Å². The topological polar surface area (TPSA) is 75.9 Å². The van der Waals surface area contributed by atoms with Gasteiger partial charge in [0.15, 0.2) is 0 Å². The number of rotatable bonds is 7. The Morgan fingerprint density at radius 1 is 1.38 bits per heavy atom. The molecule has 0 unspecified atom stereocenters. The standard InChI is InChI=1S/C18H21N3O3/c1-12-9-14(12)16-8-7-13(24-16)10-20-21-18(22)11-19-15-5-3-4-6-17(15)23-2/h3-8,10,12,14,19H,9,11H2,1-2H3,(H,21,22)/b20-10-/t12-,14+/m0/s1. The minimum Gasteiger partial charge on any atom is -0.495 e. The summed E-state index contributed by atoms with van der Waals surface area (Å²) in [6, 6.07) is 11.3. The predicted molar refractivity (Wildman–Crippen MR) is 92.5 cm³/mol. The summed E-state index contributed by atoms with van der Waals surface area (Å²) in [7, 11) is 1.59. The van der Waals surface area contributed by atoms with Crippen LogP contribution >= 0.6 is 0 Å². The van der Waals surface area contributed by atoms with E-state index in [0.717, 1.165) is 11.4 Å². The molecule has 1 aliphatic carbocycles. The molecule has 1 heterocycles. The van der Waals surface area contributed by atoms with Gasteiger partial charge in [0.05, 0.1) is 25.6 Å². The van der Waals surface area contributed by atoms with Gasteiger partial charge in [0, 0.05) is 5.92 Å². The Morgan fingerprint density at radius 3 is 2.92 bits per heavy atom. The summed E-state index contributed by atoms with van der Waals surface area (Å²) in [5.41, 5.74) is 3.23. The van der Waals surface area contributed by atoms with Crippen molar-refractivity contribution in [3.8, 4) is 5.75 Å². The maximum absolute atomic E-state index is 11.8. The summed E-state index contributed by atoms with van der Waals surface area (Å²) < 4.78 is 10.9. The third-order valence-corrected chi connectivity index (χ3v) is 4.05. The summed E-state index contributed by atoms with van der Waals surface area (Å²) >= 11 is 0. The first-order valence-electron chi connectivity index (χ1n) is 7.96. The normalized spacial score (nSPS) is 19.2.